The molecular weight excluding hydrogens is 332 g/mol. The van der Waals surface area contributed by atoms with Gasteiger partial charge in [0.15, 0.2) is 0 Å². The highest BCUT2D eigenvalue weighted by Crippen LogP contribution is 2.27. The average molecular weight is 346 g/mol. The highest BCUT2D eigenvalue weighted by Gasteiger charge is 2.15. The number of hydrogen-bond acceptors (Lipinski definition) is 8. The van der Waals surface area contributed by atoms with Gasteiger partial charge in [0, 0.05) is 24.4 Å². The van der Waals surface area contributed by atoms with Crippen LogP contribution in [0, 0.1) is 17.0 Å². The van der Waals surface area contributed by atoms with Crippen molar-refractivity contribution in [2.24, 2.45) is 0 Å². The molecule has 0 saturated heterocycles. The van der Waals surface area contributed by atoms with Crippen LogP contribution in [0.25, 0.3) is 11.0 Å². The zero-order chi connectivity index (χ0) is 17.8. The number of fused-ring (bicyclic) bond motifs is 1. The maximum Gasteiger partial charge on any atom is 0.367 e. The third-order valence-electron chi connectivity index (χ3n) is 3.52. The molecule has 0 bridgehead atoms. The van der Waals surface area contributed by atoms with Gasteiger partial charge in [0.2, 0.25) is 5.75 Å². The van der Waals surface area contributed by atoms with Crippen LogP contribution in [0.4, 0.5) is 0 Å². The van der Waals surface area contributed by atoms with Gasteiger partial charge < -0.3 is 9.15 Å². The fourth-order valence-electron chi connectivity index (χ4n) is 2.35. The molecule has 10 heteroatoms. The normalized spacial score (nSPS) is 10.8. The highest BCUT2D eigenvalue weighted by molar-refractivity contribution is 5.83. The first-order chi connectivity index (χ1) is 12.0. The van der Waals surface area contributed by atoms with Crippen molar-refractivity contribution < 1.29 is 19.1 Å². The smallest absolute Gasteiger partial charge is 0.367 e. The maximum atomic E-state index is 11.8. The van der Waals surface area contributed by atoms with E-state index in [-0.39, 0.29) is 5.58 Å². The second-order valence-electron chi connectivity index (χ2n) is 5.18. The van der Waals surface area contributed by atoms with Crippen LogP contribution in [-0.2, 0) is 6.54 Å². The predicted molar refractivity (Wildman–Crippen MR) is 85.0 cm³/mol. The van der Waals surface area contributed by atoms with Crippen molar-refractivity contribution in [3.8, 4) is 11.5 Å². The molecule has 0 atom stereocenters. The SMILES string of the molecule is Cc1c(O[N+](=O)[O-])c(=O)oc2cc(OCCCn3cncn3)ccc12. The Balaban J connectivity index is 1.73. The summed E-state index contributed by atoms with van der Waals surface area (Å²) in [6.07, 6.45) is 3.81. The van der Waals surface area contributed by atoms with Crippen LogP contribution in [0.15, 0.2) is 40.1 Å². The van der Waals surface area contributed by atoms with Gasteiger partial charge in [0.25, 0.3) is 5.09 Å². The van der Waals surface area contributed by atoms with Gasteiger partial charge in [-0.05, 0) is 24.6 Å². The topological polar surface area (TPSA) is 123 Å². The van der Waals surface area contributed by atoms with Gasteiger partial charge in [-0.25, -0.2) is 9.78 Å². The summed E-state index contributed by atoms with van der Waals surface area (Å²) >= 11 is 0. The summed E-state index contributed by atoms with van der Waals surface area (Å²) in [5.41, 5.74) is -0.308. The molecule has 0 radical (unpaired) electrons. The van der Waals surface area contributed by atoms with Crippen LogP contribution < -0.4 is 15.2 Å². The molecular formula is C15H14N4O6. The fraction of sp³-hybridized carbons (Fsp3) is 0.267. The lowest BCUT2D eigenvalue weighted by molar-refractivity contribution is -0.711. The predicted octanol–water partition coefficient (Wildman–Crippen LogP) is 1.73. The Morgan fingerprint density at radius 3 is 2.96 bits per heavy atom. The Bertz CT molecular complexity index is 951. The number of benzene rings is 1. The molecule has 0 N–H and O–H groups in total. The zero-order valence-corrected chi connectivity index (χ0v) is 13.2. The van der Waals surface area contributed by atoms with Crippen molar-refractivity contribution in [2.45, 2.75) is 19.9 Å². The number of aryl methyl sites for hydroxylation is 2. The molecule has 0 spiro atoms. The monoisotopic (exact) mass is 346 g/mol. The molecule has 0 aliphatic rings. The third-order valence-corrected chi connectivity index (χ3v) is 3.52. The lowest BCUT2D eigenvalue weighted by Crippen LogP contribution is -2.14. The minimum Gasteiger partial charge on any atom is -0.493 e. The summed E-state index contributed by atoms with van der Waals surface area (Å²) in [6.45, 7) is 2.66. The molecule has 3 aromatic rings. The lowest BCUT2D eigenvalue weighted by Gasteiger charge is -2.09. The van der Waals surface area contributed by atoms with E-state index in [1.807, 2.05) is 0 Å². The summed E-state index contributed by atoms with van der Waals surface area (Å²) in [6, 6.07) is 4.92. The summed E-state index contributed by atoms with van der Waals surface area (Å²) in [5, 5.41) is 13.9. The van der Waals surface area contributed by atoms with Gasteiger partial charge in [-0.15, -0.1) is 10.1 Å². The van der Waals surface area contributed by atoms with Crippen LogP contribution in [0.5, 0.6) is 11.5 Å². The van der Waals surface area contributed by atoms with E-state index in [4.69, 9.17) is 9.15 Å². The second-order valence-corrected chi connectivity index (χ2v) is 5.18. The lowest BCUT2D eigenvalue weighted by atomic mass is 10.1. The molecule has 10 nitrogen and oxygen atoms in total. The fourth-order valence-corrected chi connectivity index (χ4v) is 2.35. The number of rotatable bonds is 7. The van der Waals surface area contributed by atoms with Gasteiger partial charge in [-0.1, -0.05) is 0 Å². The molecule has 0 aliphatic carbocycles. The quantitative estimate of drug-likeness (QED) is 0.274. The summed E-state index contributed by atoms with van der Waals surface area (Å²) in [5.74, 6) is 0.0931. The third kappa shape index (κ3) is 3.74. The molecule has 0 unspecified atom stereocenters. The summed E-state index contributed by atoms with van der Waals surface area (Å²) in [4.78, 5) is 30.5. The van der Waals surface area contributed by atoms with Gasteiger partial charge in [0.05, 0.1) is 6.61 Å². The first kappa shape index (κ1) is 16.4. The Morgan fingerprint density at radius 1 is 1.40 bits per heavy atom. The van der Waals surface area contributed by atoms with E-state index in [1.54, 1.807) is 36.1 Å². The van der Waals surface area contributed by atoms with E-state index >= 15 is 0 Å². The van der Waals surface area contributed by atoms with Crippen molar-refractivity contribution in [3.05, 3.63) is 57.0 Å². The van der Waals surface area contributed by atoms with Crippen LogP contribution in [0.1, 0.15) is 12.0 Å². The van der Waals surface area contributed by atoms with Gasteiger partial charge in [0.1, 0.15) is 24.0 Å². The Kier molecular flexibility index (Phi) is 4.59. The van der Waals surface area contributed by atoms with E-state index in [9.17, 15) is 14.9 Å². The van der Waals surface area contributed by atoms with Crippen molar-refractivity contribution in [1.29, 1.82) is 0 Å². The van der Waals surface area contributed by atoms with E-state index < -0.39 is 16.5 Å². The number of aromatic nitrogens is 3. The minimum atomic E-state index is -1.04. The standard InChI is InChI=1S/C15H14N4O6/c1-10-12-4-3-11(23-6-2-5-18-9-16-8-17-18)7-13(12)24-15(20)14(10)25-19(21)22/h3-4,7-9H,2,5-6H2,1H3. The summed E-state index contributed by atoms with van der Waals surface area (Å²) in [7, 11) is 0. The van der Waals surface area contributed by atoms with Crippen LogP contribution >= 0.6 is 0 Å². The van der Waals surface area contributed by atoms with Crippen LogP contribution in [0.2, 0.25) is 0 Å². The molecule has 0 amide bonds. The van der Waals surface area contributed by atoms with Crippen molar-refractivity contribution in [2.75, 3.05) is 6.61 Å². The van der Waals surface area contributed by atoms with E-state index in [2.05, 4.69) is 14.9 Å². The molecule has 2 heterocycles. The molecule has 0 fully saturated rings. The molecule has 3 rings (SSSR count). The molecule has 25 heavy (non-hydrogen) atoms. The largest absolute Gasteiger partial charge is 0.493 e. The van der Waals surface area contributed by atoms with Crippen molar-refractivity contribution in [1.82, 2.24) is 14.8 Å². The Labute approximate surface area is 140 Å². The molecule has 2 aromatic heterocycles. The maximum absolute atomic E-state index is 11.8. The minimum absolute atomic E-state index is 0.270. The van der Waals surface area contributed by atoms with Crippen LogP contribution in [-0.4, -0.2) is 26.5 Å². The molecule has 130 valence electrons. The number of ether oxygens (including phenoxy) is 1. The summed E-state index contributed by atoms with van der Waals surface area (Å²) < 4.78 is 12.4. The van der Waals surface area contributed by atoms with E-state index in [1.165, 1.54) is 6.33 Å². The first-order valence-corrected chi connectivity index (χ1v) is 7.39. The number of nitrogens with zero attached hydrogens (tertiary/aromatic N) is 4. The van der Waals surface area contributed by atoms with Crippen molar-refractivity contribution >= 4 is 11.0 Å². The van der Waals surface area contributed by atoms with E-state index in [0.717, 1.165) is 6.42 Å². The highest BCUT2D eigenvalue weighted by atomic mass is 17.0. The van der Waals surface area contributed by atoms with Gasteiger partial charge in [-0.3, -0.25) is 9.52 Å². The molecule has 1 aromatic carbocycles. The Hall–Kier alpha value is -3.43. The zero-order valence-electron chi connectivity index (χ0n) is 13.2. The average Bonchev–Trinajstić information content (AvgIpc) is 3.08. The van der Waals surface area contributed by atoms with Gasteiger partial charge >= 0.3 is 5.63 Å². The number of hydrogen-bond donors (Lipinski definition) is 0. The second kappa shape index (κ2) is 6.99. The molecule has 0 saturated carbocycles. The Morgan fingerprint density at radius 2 is 2.24 bits per heavy atom. The van der Waals surface area contributed by atoms with E-state index in [0.29, 0.717) is 29.9 Å². The molecule has 0 aliphatic heterocycles. The first-order valence-electron chi connectivity index (χ1n) is 7.39. The van der Waals surface area contributed by atoms with Crippen molar-refractivity contribution in [3.63, 3.8) is 0 Å². The van der Waals surface area contributed by atoms with Gasteiger partial charge in [-0.2, -0.15) is 5.10 Å². The van der Waals surface area contributed by atoms with Crippen LogP contribution in [0.3, 0.4) is 0 Å².